The predicted molar refractivity (Wildman–Crippen MR) is 122 cm³/mol. The Bertz CT molecular complexity index is 1330. The third-order valence-corrected chi connectivity index (χ3v) is 5.22. The lowest BCUT2D eigenvalue weighted by atomic mass is 10.1. The number of aromatic nitrogens is 2. The van der Waals surface area contributed by atoms with Gasteiger partial charge in [0, 0.05) is 6.54 Å². The first-order valence-electron chi connectivity index (χ1n) is 10.2. The number of para-hydroxylation sites is 1. The Labute approximate surface area is 189 Å². The van der Waals surface area contributed by atoms with E-state index in [1.807, 2.05) is 0 Å². The van der Waals surface area contributed by atoms with Crippen molar-refractivity contribution in [2.75, 3.05) is 14.2 Å². The van der Waals surface area contributed by atoms with Gasteiger partial charge in [0.15, 0.2) is 0 Å². The molecule has 0 aliphatic rings. The van der Waals surface area contributed by atoms with E-state index in [0.29, 0.717) is 33.8 Å². The van der Waals surface area contributed by atoms with Crippen LogP contribution in [0, 0.1) is 5.82 Å². The van der Waals surface area contributed by atoms with Crippen LogP contribution in [0.2, 0.25) is 0 Å². The number of fused-ring (bicyclic) bond motifs is 1. The van der Waals surface area contributed by atoms with Gasteiger partial charge in [-0.1, -0.05) is 30.3 Å². The van der Waals surface area contributed by atoms with Gasteiger partial charge >= 0.3 is 0 Å². The Hall–Kier alpha value is -4.20. The van der Waals surface area contributed by atoms with Gasteiger partial charge in [-0.15, -0.1) is 0 Å². The number of carbonyl (C=O) groups is 1. The topological polar surface area (TPSA) is 84.5 Å². The molecule has 7 nitrogen and oxygen atoms in total. The largest absolute Gasteiger partial charge is 0.496 e. The summed E-state index contributed by atoms with van der Waals surface area (Å²) in [6, 6.07) is 17.9. The number of rotatable bonds is 7. The maximum absolute atomic E-state index is 13.7. The van der Waals surface area contributed by atoms with E-state index in [4.69, 9.17) is 9.47 Å². The van der Waals surface area contributed by atoms with E-state index >= 15 is 0 Å². The number of benzene rings is 3. The number of methoxy groups -OCH3 is 2. The number of halogens is 1. The van der Waals surface area contributed by atoms with Gasteiger partial charge in [0.1, 0.15) is 28.7 Å². The molecule has 1 N–H and O–H groups in total. The molecule has 8 heteroatoms. The molecule has 0 spiro atoms. The summed E-state index contributed by atoms with van der Waals surface area (Å²) in [5.41, 5.74) is 1.19. The molecule has 0 bridgehead atoms. The summed E-state index contributed by atoms with van der Waals surface area (Å²) in [4.78, 5) is 35.0. The summed E-state index contributed by atoms with van der Waals surface area (Å²) in [5.74, 6) is 0.267. The van der Waals surface area contributed by atoms with Gasteiger partial charge in [-0.2, -0.15) is 0 Å². The third kappa shape index (κ3) is 4.69. The normalized spacial score (nSPS) is 10.8. The van der Waals surface area contributed by atoms with Gasteiger partial charge in [-0.25, -0.2) is 9.37 Å². The first kappa shape index (κ1) is 22.0. The summed E-state index contributed by atoms with van der Waals surface area (Å²) >= 11 is 0. The van der Waals surface area contributed by atoms with Crippen LogP contribution in [0.25, 0.3) is 10.9 Å². The van der Waals surface area contributed by atoms with Crippen LogP contribution >= 0.6 is 0 Å². The van der Waals surface area contributed by atoms with Gasteiger partial charge in [-0.3, -0.25) is 9.59 Å². The molecule has 0 atom stereocenters. The molecule has 4 aromatic rings. The van der Waals surface area contributed by atoms with Crippen molar-refractivity contribution in [1.29, 1.82) is 0 Å². The monoisotopic (exact) mass is 447 g/mol. The minimum atomic E-state index is -0.385. The number of carbonyl (C=O) groups excluding carboxylic acids is 1. The minimum absolute atomic E-state index is 0.0114. The average Bonchev–Trinajstić information content (AvgIpc) is 2.84. The van der Waals surface area contributed by atoms with E-state index in [1.165, 1.54) is 31.3 Å². The van der Waals surface area contributed by atoms with Crippen molar-refractivity contribution >= 4 is 16.8 Å². The van der Waals surface area contributed by atoms with E-state index in [0.717, 1.165) is 0 Å². The van der Waals surface area contributed by atoms with E-state index in [-0.39, 0.29) is 35.9 Å². The van der Waals surface area contributed by atoms with Crippen LogP contribution < -0.4 is 15.0 Å². The molecule has 0 radical (unpaired) electrons. The van der Waals surface area contributed by atoms with Gasteiger partial charge in [0.2, 0.25) is 0 Å². The molecular weight excluding hydrogens is 425 g/mol. The fourth-order valence-corrected chi connectivity index (χ4v) is 3.62. The van der Waals surface area contributed by atoms with Crippen molar-refractivity contribution in [2.45, 2.75) is 13.1 Å². The highest BCUT2D eigenvalue weighted by Crippen LogP contribution is 2.30. The molecule has 33 heavy (non-hydrogen) atoms. The fourth-order valence-electron chi connectivity index (χ4n) is 3.62. The van der Waals surface area contributed by atoms with E-state index < -0.39 is 0 Å². The Kier molecular flexibility index (Phi) is 6.35. The third-order valence-electron chi connectivity index (χ3n) is 5.22. The molecule has 3 aromatic carbocycles. The maximum atomic E-state index is 13.7. The average molecular weight is 447 g/mol. The SMILES string of the molecule is COc1cccc(OC)c1C(=O)N(Cc1ccc(F)cc1)Cc1nc2ccccc2c(=O)[nH]1. The van der Waals surface area contributed by atoms with Crippen molar-refractivity contribution in [2.24, 2.45) is 0 Å². The number of H-pyrrole nitrogens is 1. The number of hydrogen-bond donors (Lipinski definition) is 1. The molecule has 0 fully saturated rings. The quantitative estimate of drug-likeness (QED) is 0.464. The second kappa shape index (κ2) is 9.52. The zero-order valence-electron chi connectivity index (χ0n) is 18.2. The summed E-state index contributed by atoms with van der Waals surface area (Å²) in [7, 11) is 2.94. The Balaban J connectivity index is 1.76. The molecule has 0 saturated carbocycles. The second-order valence-corrected chi connectivity index (χ2v) is 7.35. The maximum Gasteiger partial charge on any atom is 0.262 e. The van der Waals surface area contributed by atoms with Crippen molar-refractivity contribution in [3.8, 4) is 11.5 Å². The highest BCUT2D eigenvalue weighted by atomic mass is 19.1. The number of amides is 1. The minimum Gasteiger partial charge on any atom is -0.496 e. The molecule has 1 amide bonds. The number of nitrogens with one attached hydrogen (secondary N) is 1. The van der Waals surface area contributed by atoms with Crippen LogP contribution in [0.1, 0.15) is 21.7 Å². The van der Waals surface area contributed by atoms with Crippen LogP contribution in [-0.2, 0) is 13.1 Å². The predicted octanol–water partition coefficient (Wildman–Crippen LogP) is 3.92. The Morgan fingerprint density at radius 3 is 2.27 bits per heavy atom. The lowest BCUT2D eigenvalue weighted by Gasteiger charge is -2.24. The second-order valence-electron chi connectivity index (χ2n) is 7.35. The van der Waals surface area contributed by atoms with Crippen LogP contribution in [0.15, 0.2) is 71.5 Å². The standard InChI is InChI=1S/C25H22FN3O4/c1-32-20-8-5-9-21(33-2)23(20)25(31)29(14-16-10-12-17(26)13-11-16)15-22-27-19-7-4-3-6-18(19)24(30)28-22/h3-13H,14-15H2,1-2H3,(H,27,28,30). The molecule has 0 aliphatic heterocycles. The molecule has 0 unspecified atom stereocenters. The summed E-state index contributed by atoms with van der Waals surface area (Å²) in [5, 5.41) is 0.462. The van der Waals surface area contributed by atoms with Crippen molar-refractivity contribution < 1.29 is 18.7 Å². The number of nitrogens with zero attached hydrogens (tertiary/aromatic N) is 2. The van der Waals surface area contributed by atoms with Crippen LogP contribution in [0.5, 0.6) is 11.5 Å². The molecular formula is C25H22FN3O4. The van der Waals surface area contributed by atoms with Crippen molar-refractivity contribution in [3.05, 3.63) is 99.9 Å². The van der Waals surface area contributed by atoms with Crippen LogP contribution in [0.4, 0.5) is 4.39 Å². The van der Waals surface area contributed by atoms with Gasteiger partial charge < -0.3 is 19.4 Å². The van der Waals surface area contributed by atoms with Gasteiger partial charge in [0.25, 0.3) is 11.5 Å². The zero-order chi connectivity index (χ0) is 23.4. The van der Waals surface area contributed by atoms with Gasteiger partial charge in [0.05, 0.1) is 31.7 Å². The van der Waals surface area contributed by atoms with Gasteiger partial charge in [-0.05, 0) is 42.0 Å². The molecule has 168 valence electrons. The zero-order valence-corrected chi connectivity index (χ0v) is 18.2. The van der Waals surface area contributed by atoms with Crippen molar-refractivity contribution in [3.63, 3.8) is 0 Å². The lowest BCUT2D eigenvalue weighted by molar-refractivity contribution is 0.0718. The highest BCUT2D eigenvalue weighted by molar-refractivity contribution is 5.99. The summed E-state index contributed by atoms with van der Waals surface area (Å²) < 4.78 is 24.2. The van der Waals surface area contributed by atoms with Crippen molar-refractivity contribution in [1.82, 2.24) is 14.9 Å². The molecule has 0 aliphatic carbocycles. The number of hydrogen-bond acceptors (Lipinski definition) is 5. The number of ether oxygens (including phenoxy) is 2. The van der Waals surface area contributed by atoms with Crippen LogP contribution in [-0.4, -0.2) is 35.0 Å². The summed E-state index contributed by atoms with van der Waals surface area (Å²) in [6.07, 6.45) is 0. The first-order valence-corrected chi connectivity index (χ1v) is 10.2. The highest BCUT2D eigenvalue weighted by Gasteiger charge is 2.25. The fraction of sp³-hybridized carbons (Fsp3) is 0.160. The summed E-state index contributed by atoms with van der Waals surface area (Å²) in [6.45, 7) is 0.161. The van der Waals surface area contributed by atoms with Crippen LogP contribution in [0.3, 0.4) is 0 Å². The van der Waals surface area contributed by atoms with E-state index in [2.05, 4.69) is 9.97 Å². The molecule has 1 heterocycles. The molecule has 1 aromatic heterocycles. The van der Waals surface area contributed by atoms with E-state index in [9.17, 15) is 14.0 Å². The number of aromatic amines is 1. The Morgan fingerprint density at radius 2 is 1.61 bits per heavy atom. The lowest BCUT2D eigenvalue weighted by Crippen LogP contribution is -2.32. The van der Waals surface area contributed by atoms with E-state index in [1.54, 1.807) is 54.6 Å². The smallest absolute Gasteiger partial charge is 0.262 e. The molecule has 4 rings (SSSR count). The Morgan fingerprint density at radius 1 is 0.939 bits per heavy atom. The first-order chi connectivity index (χ1) is 16.0. The molecule has 0 saturated heterocycles.